The van der Waals surface area contributed by atoms with Crippen LogP contribution in [0.4, 0.5) is 0 Å². The van der Waals surface area contributed by atoms with Gasteiger partial charge in [-0.15, -0.1) is 24.0 Å². The third-order valence-electron chi connectivity index (χ3n) is 6.35. The highest BCUT2D eigenvalue weighted by Crippen LogP contribution is 2.46. The molecular formula is C25H32IN5O3. The van der Waals surface area contributed by atoms with Crippen LogP contribution in [0.3, 0.4) is 0 Å². The summed E-state index contributed by atoms with van der Waals surface area (Å²) in [6, 6.07) is 15.5. The van der Waals surface area contributed by atoms with Crippen molar-refractivity contribution in [2.24, 2.45) is 10.7 Å². The molecule has 0 saturated heterocycles. The van der Waals surface area contributed by atoms with Crippen molar-refractivity contribution in [1.82, 2.24) is 16.0 Å². The van der Waals surface area contributed by atoms with Crippen LogP contribution in [0.1, 0.15) is 59.6 Å². The van der Waals surface area contributed by atoms with Gasteiger partial charge in [-0.05, 0) is 49.4 Å². The first-order chi connectivity index (χ1) is 16.0. The molecule has 8 nitrogen and oxygen atoms in total. The smallest absolute Gasteiger partial charge is 0.251 e. The Morgan fingerprint density at radius 2 is 1.79 bits per heavy atom. The molecule has 1 aliphatic heterocycles. The number of amides is 2. The van der Waals surface area contributed by atoms with E-state index in [1.54, 1.807) is 19.2 Å². The normalized spacial score (nSPS) is 18.3. The minimum absolute atomic E-state index is 0. The average molecular weight is 577 g/mol. The van der Waals surface area contributed by atoms with Gasteiger partial charge in [0.15, 0.2) is 5.96 Å². The summed E-state index contributed by atoms with van der Waals surface area (Å²) in [4.78, 5) is 27.3. The summed E-state index contributed by atoms with van der Waals surface area (Å²) in [7, 11) is 1.76. The Morgan fingerprint density at radius 1 is 1.09 bits per heavy atom. The van der Waals surface area contributed by atoms with E-state index in [4.69, 9.17) is 10.5 Å². The second kappa shape index (κ2) is 11.5. The van der Waals surface area contributed by atoms with Gasteiger partial charge in [0, 0.05) is 31.1 Å². The van der Waals surface area contributed by atoms with Crippen LogP contribution in [-0.4, -0.2) is 37.0 Å². The topological polar surface area (TPSA) is 118 Å². The summed E-state index contributed by atoms with van der Waals surface area (Å²) in [5, 5.41) is 9.44. The van der Waals surface area contributed by atoms with E-state index < -0.39 is 5.91 Å². The molecule has 1 atom stereocenters. The maximum absolute atomic E-state index is 12.0. The van der Waals surface area contributed by atoms with Crippen molar-refractivity contribution in [1.29, 1.82) is 0 Å². The molecule has 0 aromatic heterocycles. The summed E-state index contributed by atoms with van der Waals surface area (Å²) in [5.74, 6) is 0.774. The second-order valence-corrected chi connectivity index (χ2v) is 8.70. The molecule has 2 aromatic rings. The molecule has 5 N–H and O–H groups in total. The number of nitrogens with two attached hydrogens (primary N) is 1. The van der Waals surface area contributed by atoms with Gasteiger partial charge in [0.1, 0.15) is 11.4 Å². The molecule has 0 radical (unpaired) electrons. The molecule has 2 aromatic carbocycles. The van der Waals surface area contributed by atoms with Gasteiger partial charge in [-0.3, -0.25) is 14.6 Å². The summed E-state index contributed by atoms with van der Waals surface area (Å²) in [5.41, 5.74) is 7.61. The lowest BCUT2D eigenvalue weighted by atomic mass is 9.86. The van der Waals surface area contributed by atoms with E-state index in [1.807, 2.05) is 24.3 Å². The van der Waals surface area contributed by atoms with Crippen molar-refractivity contribution >= 4 is 41.8 Å². The first-order valence-electron chi connectivity index (χ1n) is 11.4. The summed E-state index contributed by atoms with van der Waals surface area (Å²) in [6.07, 6.45) is 5.51. The SMILES string of the molecule is CN=C(NCc1ccc(C(=O)NCC(N)=O)cc1)NC1CC2(CCCC2)Oc2ccccc21.I. The predicted molar refractivity (Wildman–Crippen MR) is 142 cm³/mol. The lowest BCUT2D eigenvalue weighted by molar-refractivity contribution is -0.117. The highest BCUT2D eigenvalue weighted by molar-refractivity contribution is 14.0. The van der Waals surface area contributed by atoms with E-state index in [1.165, 1.54) is 12.8 Å². The molecule has 0 bridgehead atoms. The number of nitrogens with one attached hydrogen (secondary N) is 3. The second-order valence-electron chi connectivity index (χ2n) is 8.70. The first kappa shape index (κ1) is 25.8. The maximum atomic E-state index is 12.0. The van der Waals surface area contributed by atoms with Crippen LogP contribution in [-0.2, 0) is 11.3 Å². The van der Waals surface area contributed by atoms with Crippen LogP contribution < -0.4 is 26.4 Å². The number of hydrogen-bond acceptors (Lipinski definition) is 4. The molecule has 9 heteroatoms. The number of carbonyl (C=O) groups is 2. The van der Waals surface area contributed by atoms with Gasteiger partial charge in [0.25, 0.3) is 5.91 Å². The summed E-state index contributed by atoms with van der Waals surface area (Å²) in [6.45, 7) is 0.375. The summed E-state index contributed by atoms with van der Waals surface area (Å²) >= 11 is 0. The largest absolute Gasteiger partial charge is 0.487 e. The minimum Gasteiger partial charge on any atom is -0.487 e. The van der Waals surface area contributed by atoms with Crippen molar-refractivity contribution < 1.29 is 14.3 Å². The number of aliphatic imine (C=N–C) groups is 1. The highest BCUT2D eigenvalue weighted by Gasteiger charge is 2.43. The number of carbonyl (C=O) groups excluding carboxylic acids is 2. The van der Waals surface area contributed by atoms with E-state index in [9.17, 15) is 9.59 Å². The molecule has 34 heavy (non-hydrogen) atoms. The number of para-hydroxylation sites is 1. The van der Waals surface area contributed by atoms with Crippen molar-refractivity contribution in [2.45, 2.75) is 50.3 Å². The maximum Gasteiger partial charge on any atom is 0.251 e. The molecule has 2 amide bonds. The number of benzene rings is 2. The molecular weight excluding hydrogens is 545 g/mol. The fraction of sp³-hybridized carbons (Fsp3) is 0.400. The fourth-order valence-corrected chi connectivity index (χ4v) is 4.66. The Bertz CT molecular complexity index is 1040. The summed E-state index contributed by atoms with van der Waals surface area (Å²) < 4.78 is 6.46. The minimum atomic E-state index is -0.575. The number of ether oxygens (including phenoxy) is 1. The molecule has 1 fully saturated rings. The standard InChI is InChI=1S/C25H31N5O3.HI/c1-27-24(29-15-17-8-10-18(11-9-17)23(32)28-16-22(26)31)30-20-14-25(12-4-5-13-25)33-21-7-3-2-6-19(20)21;/h2-3,6-11,20H,4-5,12-16H2,1H3,(H2,26,31)(H,28,32)(H2,27,29,30);1H. The quantitative estimate of drug-likeness (QED) is 0.239. The van der Waals surface area contributed by atoms with E-state index in [0.29, 0.717) is 18.1 Å². The van der Waals surface area contributed by atoms with E-state index >= 15 is 0 Å². The average Bonchev–Trinajstić information content (AvgIpc) is 3.27. The number of primary amides is 1. The van der Waals surface area contributed by atoms with E-state index in [2.05, 4.69) is 33.1 Å². The van der Waals surface area contributed by atoms with Crippen LogP contribution in [0.15, 0.2) is 53.5 Å². The molecule has 1 saturated carbocycles. The predicted octanol–water partition coefficient (Wildman–Crippen LogP) is 3.02. The first-order valence-corrected chi connectivity index (χ1v) is 11.4. The van der Waals surface area contributed by atoms with Crippen molar-refractivity contribution in [2.75, 3.05) is 13.6 Å². The Balaban J connectivity index is 0.00000324. The number of fused-ring (bicyclic) bond motifs is 1. The Hall–Kier alpha value is -2.82. The van der Waals surface area contributed by atoms with Crippen LogP contribution in [0.25, 0.3) is 0 Å². The Morgan fingerprint density at radius 3 is 2.47 bits per heavy atom. The number of rotatable bonds is 6. The van der Waals surface area contributed by atoms with Crippen LogP contribution in [0.5, 0.6) is 5.75 Å². The van der Waals surface area contributed by atoms with Gasteiger partial charge in [-0.1, -0.05) is 30.3 Å². The molecule has 182 valence electrons. The lowest BCUT2D eigenvalue weighted by Gasteiger charge is -2.40. The van der Waals surface area contributed by atoms with Crippen LogP contribution in [0, 0.1) is 0 Å². The zero-order valence-electron chi connectivity index (χ0n) is 19.3. The zero-order valence-corrected chi connectivity index (χ0v) is 21.6. The zero-order chi connectivity index (χ0) is 23.3. The number of nitrogens with zero attached hydrogens (tertiary/aromatic N) is 1. The van der Waals surface area contributed by atoms with Gasteiger partial charge in [0.05, 0.1) is 12.6 Å². The molecule has 1 unspecified atom stereocenters. The molecule has 1 aliphatic carbocycles. The van der Waals surface area contributed by atoms with Gasteiger partial charge in [-0.2, -0.15) is 0 Å². The molecule has 2 aliphatic rings. The monoisotopic (exact) mass is 577 g/mol. The molecule has 1 heterocycles. The molecule has 1 spiro atoms. The van der Waals surface area contributed by atoms with E-state index in [-0.39, 0.29) is 48.1 Å². The number of hydrogen-bond donors (Lipinski definition) is 4. The van der Waals surface area contributed by atoms with Crippen LogP contribution in [0.2, 0.25) is 0 Å². The fourth-order valence-electron chi connectivity index (χ4n) is 4.66. The molecule has 4 rings (SSSR count). The van der Waals surface area contributed by atoms with Gasteiger partial charge >= 0.3 is 0 Å². The number of guanidine groups is 1. The third-order valence-corrected chi connectivity index (χ3v) is 6.35. The van der Waals surface area contributed by atoms with Gasteiger partial charge in [-0.25, -0.2) is 0 Å². The van der Waals surface area contributed by atoms with Crippen LogP contribution >= 0.6 is 24.0 Å². The third kappa shape index (κ3) is 6.19. The van der Waals surface area contributed by atoms with E-state index in [0.717, 1.165) is 36.1 Å². The van der Waals surface area contributed by atoms with Crippen molar-refractivity contribution in [3.8, 4) is 5.75 Å². The Labute approximate surface area is 217 Å². The highest BCUT2D eigenvalue weighted by atomic mass is 127. The lowest BCUT2D eigenvalue weighted by Crippen LogP contribution is -2.46. The number of halogens is 1. The Kier molecular flexibility index (Phi) is 8.76. The van der Waals surface area contributed by atoms with Crippen molar-refractivity contribution in [3.63, 3.8) is 0 Å². The van der Waals surface area contributed by atoms with Crippen molar-refractivity contribution in [3.05, 3.63) is 65.2 Å². The van der Waals surface area contributed by atoms with Gasteiger partial charge < -0.3 is 26.4 Å². The van der Waals surface area contributed by atoms with Gasteiger partial charge in [0.2, 0.25) is 5.91 Å².